The van der Waals surface area contributed by atoms with E-state index in [4.69, 9.17) is 23.2 Å². The SMILES string of the molecule is CC[C@@H]1C(=O)N(CCCN2CCC3(CC3)[C@H](O)C2)CCN1c1ccc(Cl)c(Cl)c1. The summed E-state index contributed by atoms with van der Waals surface area (Å²) >= 11 is 12.2. The van der Waals surface area contributed by atoms with Gasteiger partial charge in [0.25, 0.3) is 0 Å². The molecule has 29 heavy (non-hydrogen) atoms. The number of piperazine rings is 1. The Kier molecular flexibility index (Phi) is 6.31. The third-order valence-electron chi connectivity index (χ3n) is 7.06. The van der Waals surface area contributed by atoms with Gasteiger partial charge in [0.15, 0.2) is 0 Å². The number of nitrogens with zero attached hydrogens (tertiary/aromatic N) is 3. The van der Waals surface area contributed by atoms with Gasteiger partial charge in [-0.25, -0.2) is 0 Å². The smallest absolute Gasteiger partial charge is 0.245 e. The number of piperidine rings is 1. The van der Waals surface area contributed by atoms with E-state index in [1.807, 2.05) is 17.0 Å². The molecule has 2 aliphatic heterocycles. The van der Waals surface area contributed by atoms with E-state index in [1.54, 1.807) is 6.07 Å². The van der Waals surface area contributed by atoms with E-state index < -0.39 is 0 Å². The summed E-state index contributed by atoms with van der Waals surface area (Å²) in [5.41, 5.74) is 1.21. The van der Waals surface area contributed by atoms with Gasteiger partial charge in [0.2, 0.25) is 5.91 Å². The first-order chi connectivity index (χ1) is 13.9. The van der Waals surface area contributed by atoms with Crippen LogP contribution in [0.15, 0.2) is 18.2 Å². The predicted octanol–water partition coefficient (Wildman–Crippen LogP) is 3.66. The Bertz CT molecular complexity index is 756. The number of hydrogen-bond donors (Lipinski definition) is 1. The number of β-amino-alcohol motifs (C(OH)–C–C–N with tert-alkyl or cyclic N) is 1. The van der Waals surface area contributed by atoms with Crippen LogP contribution in [0.3, 0.4) is 0 Å². The fourth-order valence-electron chi connectivity index (χ4n) is 4.94. The molecule has 0 aromatic heterocycles. The van der Waals surface area contributed by atoms with Gasteiger partial charge in [-0.1, -0.05) is 30.1 Å². The maximum Gasteiger partial charge on any atom is 0.245 e. The molecule has 1 aliphatic carbocycles. The second-order valence-electron chi connectivity index (χ2n) is 8.82. The van der Waals surface area contributed by atoms with Crippen molar-refractivity contribution in [3.63, 3.8) is 0 Å². The molecule has 3 fully saturated rings. The Hall–Kier alpha value is -1.01. The van der Waals surface area contributed by atoms with Crippen LogP contribution in [-0.2, 0) is 4.79 Å². The second kappa shape index (κ2) is 8.62. The summed E-state index contributed by atoms with van der Waals surface area (Å²) in [7, 11) is 0. The number of aliphatic hydroxyl groups is 1. The van der Waals surface area contributed by atoms with Gasteiger partial charge >= 0.3 is 0 Å². The van der Waals surface area contributed by atoms with Gasteiger partial charge < -0.3 is 19.8 Å². The minimum atomic E-state index is -0.169. The maximum atomic E-state index is 13.1. The van der Waals surface area contributed by atoms with Gasteiger partial charge in [-0.3, -0.25) is 4.79 Å². The highest BCUT2D eigenvalue weighted by molar-refractivity contribution is 6.42. The molecule has 1 aromatic rings. The molecule has 0 unspecified atom stereocenters. The van der Waals surface area contributed by atoms with Crippen molar-refractivity contribution in [3.05, 3.63) is 28.2 Å². The zero-order valence-corrected chi connectivity index (χ0v) is 18.6. The number of benzene rings is 1. The average Bonchev–Trinajstić information content (AvgIpc) is 3.49. The number of hydrogen-bond acceptors (Lipinski definition) is 4. The monoisotopic (exact) mass is 439 g/mol. The molecule has 5 nitrogen and oxygen atoms in total. The van der Waals surface area contributed by atoms with Gasteiger partial charge in [-0.15, -0.1) is 0 Å². The molecule has 0 radical (unpaired) electrons. The molecule has 1 amide bonds. The van der Waals surface area contributed by atoms with Crippen molar-refractivity contribution >= 4 is 34.8 Å². The number of rotatable bonds is 6. The lowest BCUT2D eigenvalue weighted by Gasteiger charge is -2.42. The summed E-state index contributed by atoms with van der Waals surface area (Å²) in [6.45, 7) is 7.17. The zero-order chi connectivity index (χ0) is 20.6. The van der Waals surface area contributed by atoms with E-state index in [-0.39, 0.29) is 23.5 Å². The van der Waals surface area contributed by atoms with E-state index in [2.05, 4.69) is 16.7 Å². The third kappa shape index (κ3) is 4.39. The molecule has 3 aliphatic rings. The molecule has 1 aromatic carbocycles. The van der Waals surface area contributed by atoms with Crippen molar-refractivity contribution in [2.45, 2.75) is 51.2 Å². The molecule has 4 rings (SSSR count). The molecule has 2 saturated heterocycles. The fourth-order valence-corrected chi connectivity index (χ4v) is 5.23. The van der Waals surface area contributed by atoms with E-state index in [9.17, 15) is 9.90 Å². The van der Waals surface area contributed by atoms with Crippen LogP contribution < -0.4 is 4.90 Å². The maximum absolute atomic E-state index is 13.1. The molecule has 2 heterocycles. The molecule has 160 valence electrons. The van der Waals surface area contributed by atoms with Crippen LogP contribution in [0.5, 0.6) is 0 Å². The first kappa shape index (κ1) is 21.2. The minimum Gasteiger partial charge on any atom is -0.391 e. The average molecular weight is 440 g/mol. The number of carbonyl (C=O) groups excluding carboxylic acids is 1. The standard InChI is InChI=1S/C22H31Cl2N3O2/c1-2-19-21(29)26(12-13-27(19)16-4-5-17(23)18(24)14-16)10-3-9-25-11-8-22(6-7-22)20(28)15-25/h4-5,14,19-20,28H,2-3,6-13,15H2,1H3/t19-,20-/m1/s1. The van der Waals surface area contributed by atoms with Gasteiger partial charge in [0.1, 0.15) is 6.04 Å². The number of anilines is 1. The Morgan fingerprint density at radius 2 is 1.90 bits per heavy atom. The van der Waals surface area contributed by atoms with Crippen LogP contribution in [0.1, 0.15) is 39.0 Å². The van der Waals surface area contributed by atoms with Crippen LogP contribution in [0.2, 0.25) is 10.0 Å². The summed E-state index contributed by atoms with van der Waals surface area (Å²) in [6.07, 6.45) is 5.05. The topological polar surface area (TPSA) is 47.0 Å². The lowest BCUT2D eigenvalue weighted by atomic mass is 9.90. The molecule has 1 saturated carbocycles. The van der Waals surface area contributed by atoms with Crippen LogP contribution in [0.25, 0.3) is 0 Å². The molecule has 2 atom stereocenters. The first-order valence-corrected chi connectivity index (χ1v) is 11.6. The van der Waals surface area contributed by atoms with Crippen molar-refractivity contribution in [1.82, 2.24) is 9.80 Å². The second-order valence-corrected chi connectivity index (χ2v) is 9.64. The molecule has 1 N–H and O–H groups in total. The summed E-state index contributed by atoms with van der Waals surface area (Å²) < 4.78 is 0. The van der Waals surface area contributed by atoms with Crippen LogP contribution in [-0.4, -0.2) is 72.2 Å². The molecule has 7 heteroatoms. The number of amides is 1. The number of carbonyl (C=O) groups is 1. The quantitative estimate of drug-likeness (QED) is 0.734. The lowest BCUT2D eigenvalue weighted by Crippen LogP contribution is -2.57. The summed E-state index contributed by atoms with van der Waals surface area (Å²) in [4.78, 5) is 19.6. The van der Waals surface area contributed by atoms with E-state index in [0.29, 0.717) is 10.0 Å². The first-order valence-electron chi connectivity index (χ1n) is 10.8. The van der Waals surface area contributed by atoms with Crippen molar-refractivity contribution in [2.75, 3.05) is 44.2 Å². The Labute approximate surface area is 183 Å². The highest BCUT2D eigenvalue weighted by Crippen LogP contribution is 2.53. The van der Waals surface area contributed by atoms with Crippen molar-refractivity contribution in [1.29, 1.82) is 0 Å². The van der Waals surface area contributed by atoms with Crippen LogP contribution in [0, 0.1) is 5.41 Å². The normalized spacial score (nSPS) is 27.0. The Balaban J connectivity index is 1.30. The minimum absolute atomic E-state index is 0.160. The molecular formula is C22H31Cl2N3O2. The molecule has 1 spiro atoms. The van der Waals surface area contributed by atoms with Gasteiger partial charge in [0.05, 0.1) is 16.1 Å². The van der Waals surface area contributed by atoms with E-state index in [1.165, 1.54) is 12.8 Å². The Morgan fingerprint density at radius 3 is 2.55 bits per heavy atom. The predicted molar refractivity (Wildman–Crippen MR) is 118 cm³/mol. The van der Waals surface area contributed by atoms with Gasteiger partial charge in [-0.05, 0) is 68.8 Å². The largest absolute Gasteiger partial charge is 0.391 e. The highest BCUT2D eigenvalue weighted by Gasteiger charge is 2.51. The van der Waals surface area contributed by atoms with Crippen molar-refractivity contribution in [3.8, 4) is 0 Å². The zero-order valence-electron chi connectivity index (χ0n) is 17.1. The van der Waals surface area contributed by atoms with E-state index in [0.717, 1.165) is 64.2 Å². The van der Waals surface area contributed by atoms with Gasteiger partial charge in [-0.2, -0.15) is 0 Å². The highest BCUT2D eigenvalue weighted by atomic mass is 35.5. The molecular weight excluding hydrogens is 409 g/mol. The fraction of sp³-hybridized carbons (Fsp3) is 0.682. The Morgan fingerprint density at radius 1 is 1.10 bits per heavy atom. The van der Waals surface area contributed by atoms with Crippen LogP contribution in [0.4, 0.5) is 5.69 Å². The van der Waals surface area contributed by atoms with E-state index >= 15 is 0 Å². The lowest BCUT2D eigenvalue weighted by molar-refractivity contribution is -0.134. The third-order valence-corrected chi connectivity index (χ3v) is 7.80. The summed E-state index contributed by atoms with van der Waals surface area (Å²) in [6, 6.07) is 5.42. The van der Waals surface area contributed by atoms with Crippen molar-refractivity contribution < 1.29 is 9.90 Å². The van der Waals surface area contributed by atoms with Crippen LogP contribution >= 0.6 is 23.2 Å². The summed E-state index contributed by atoms with van der Waals surface area (Å²) in [5.74, 6) is 0.195. The number of halogens is 2. The number of likely N-dealkylation sites (tertiary alicyclic amines) is 1. The van der Waals surface area contributed by atoms with Gasteiger partial charge in [0, 0.05) is 31.9 Å². The molecule has 0 bridgehead atoms. The summed E-state index contributed by atoms with van der Waals surface area (Å²) in [5, 5.41) is 11.4. The van der Waals surface area contributed by atoms with Crippen molar-refractivity contribution in [2.24, 2.45) is 5.41 Å². The number of aliphatic hydroxyl groups excluding tert-OH is 1.